The Morgan fingerprint density at radius 2 is 1.92 bits per heavy atom. The summed E-state index contributed by atoms with van der Waals surface area (Å²) >= 11 is 5.98. The molecule has 1 aliphatic rings. The molecule has 1 aliphatic carbocycles. The maximum atomic E-state index is 5.98. The average molecular weight is 457 g/mol. The first-order valence-electron chi connectivity index (χ1n) is 7.82. The molecule has 0 atom stereocenters. The Labute approximate surface area is 165 Å². The zero-order valence-electron chi connectivity index (χ0n) is 13.6. The minimum absolute atomic E-state index is 0. The van der Waals surface area contributed by atoms with Crippen LogP contribution in [0.5, 0.6) is 0 Å². The van der Waals surface area contributed by atoms with Crippen LogP contribution in [0.4, 0.5) is 0 Å². The molecule has 0 unspecified atom stereocenters. The Bertz CT molecular complexity index is 669. The number of pyridine rings is 1. The van der Waals surface area contributed by atoms with Crippen molar-refractivity contribution in [1.82, 2.24) is 15.6 Å². The van der Waals surface area contributed by atoms with E-state index in [4.69, 9.17) is 11.6 Å². The highest BCUT2D eigenvalue weighted by Crippen LogP contribution is 2.47. The van der Waals surface area contributed by atoms with Gasteiger partial charge in [-0.05, 0) is 42.7 Å². The number of nitrogens with zero attached hydrogens (tertiary/aromatic N) is 2. The van der Waals surface area contributed by atoms with E-state index in [1.54, 1.807) is 13.2 Å². The molecule has 128 valence electrons. The normalized spacial score (nSPS) is 15.3. The summed E-state index contributed by atoms with van der Waals surface area (Å²) in [5.41, 5.74) is 2.55. The average Bonchev–Trinajstić information content (AvgIpc) is 3.38. The molecule has 0 bridgehead atoms. The summed E-state index contributed by atoms with van der Waals surface area (Å²) < 4.78 is 0. The molecule has 0 amide bonds. The summed E-state index contributed by atoms with van der Waals surface area (Å²) in [5.74, 6) is 0.802. The number of aromatic nitrogens is 1. The van der Waals surface area contributed by atoms with Gasteiger partial charge in [-0.2, -0.15) is 0 Å². The van der Waals surface area contributed by atoms with Crippen molar-refractivity contribution < 1.29 is 0 Å². The smallest absolute Gasteiger partial charge is 0.191 e. The minimum atomic E-state index is 0. The minimum Gasteiger partial charge on any atom is -0.356 e. The molecule has 0 saturated heterocycles. The van der Waals surface area contributed by atoms with Crippen molar-refractivity contribution in [3.05, 3.63) is 64.9 Å². The van der Waals surface area contributed by atoms with Crippen molar-refractivity contribution in [3.8, 4) is 0 Å². The molecule has 2 aromatic rings. The maximum Gasteiger partial charge on any atom is 0.191 e. The Kier molecular flexibility index (Phi) is 6.86. The summed E-state index contributed by atoms with van der Waals surface area (Å²) in [7, 11) is 1.79. The number of rotatable bonds is 5. The summed E-state index contributed by atoms with van der Waals surface area (Å²) in [6, 6.07) is 14.1. The summed E-state index contributed by atoms with van der Waals surface area (Å²) in [6.07, 6.45) is 4.19. The second-order valence-electron chi connectivity index (χ2n) is 5.89. The second kappa shape index (κ2) is 8.67. The zero-order valence-corrected chi connectivity index (χ0v) is 16.7. The number of nitrogens with one attached hydrogen (secondary N) is 2. The predicted molar refractivity (Wildman–Crippen MR) is 110 cm³/mol. The maximum absolute atomic E-state index is 5.98. The third-order valence-electron chi connectivity index (χ3n) is 4.29. The molecule has 1 heterocycles. The van der Waals surface area contributed by atoms with Crippen LogP contribution in [0.25, 0.3) is 0 Å². The number of guanidine groups is 1. The molecule has 0 spiro atoms. The van der Waals surface area contributed by atoms with E-state index in [1.165, 1.54) is 18.4 Å². The molecular weight excluding hydrogens is 435 g/mol. The molecule has 2 N–H and O–H groups in total. The van der Waals surface area contributed by atoms with Crippen molar-refractivity contribution in [2.45, 2.75) is 24.8 Å². The van der Waals surface area contributed by atoms with Crippen LogP contribution in [0.2, 0.25) is 5.02 Å². The first-order chi connectivity index (χ1) is 11.2. The lowest BCUT2D eigenvalue weighted by Gasteiger charge is -2.19. The molecule has 1 aromatic heterocycles. The quantitative estimate of drug-likeness (QED) is 0.409. The Morgan fingerprint density at radius 1 is 1.17 bits per heavy atom. The molecule has 4 nitrogen and oxygen atoms in total. The van der Waals surface area contributed by atoms with Crippen LogP contribution in [-0.4, -0.2) is 24.5 Å². The van der Waals surface area contributed by atoms with E-state index < -0.39 is 0 Å². The van der Waals surface area contributed by atoms with Gasteiger partial charge in [0.25, 0.3) is 0 Å². The lowest BCUT2D eigenvalue weighted by atomic mass is 9.96. The van der Waals surface area contributed by atoms with Crippen LogP contribution >= 0.6 is 35.6 Å². The molecular formula is C18H22ClIN4. The van der Waals surface area contributed by atoms with Crippen LogP contribution in [0.1, 0.15) is 24.1 Å². The van der Waals surface area contributed by atoms with E-state index in [2.05, 4.69) is 32.7 Å². The summed E-state index contributed by atoms with van der Waals surface area (Å²) in [4.78, 5) is 8.59. The zero-order chi connectivity index (χ0) is 16.1. The van der Waals surface area contributed by atoms with Crippen LogP contribution < -0.4 is 10.6 Å². The Hall–Kier alpha value is -1.34. The van der Waals surface area contributed by atoms with E-state index in [-0.39, 0.29) is 29.4 Å². The topological polar surface area (TPSA) is 49.3 Å². The highest BCUT2D eigenvalue weighted by molar-refractivity contribution is 14.0. The van der Waals surface area contributed by atoms with Crippen LogP contribution in [0, 0.1) is 0 Å². The van der Waals surface area contributed by atoms with E-state index in [0.29, 0.717) is 6.54 Å². The fourth-order valence-electron chi connectivity index (χ4n) is 2.67. The Balaban J connectivity index is 0.00000208. The molecule has 6 heteroatoms. The molecule has 0 radical (unpaired) electrons. The van der Waals surface area contributed by atoms with Crippen LogP contribution in [0.3, 0.4) is 0 Å². The van der Waals surface area contributed by atoms with Crippen LogP contribution in [0.15, 0.2) is 53.7 Å². The molecule has 3 rings (SSSR count). The third-order valence-corrected chi connectivity index (χ3v) is 4.54. The van der Waals surface area contributed by atoms with Crippen molar-refractivity contribution in [2.24, 2.45) is 4.99 Å². The fourth-order valence-corrected chi connectivity index (χ4v) is 2.80. The van der Waals surface area contributed by atoms with E-state index in [0.717, 1.165) is 23.2 Å². The lowest BCUT2D eigenvalue weighted by molar-refractivity contribution is 0.644. The molecule has 0 aliphatic heterocycles. The third kappa shape index (κ3) is 4.83. The van der Waals surface area contributed by atoms with Gasteiger partial charge in [0.2, 0.25) is 0 Å². The number of benzene rings is 1. The Morgan fingerprint density at radius 3 is 2.50 bits per heavy atom. The standard InChI is InChI=1S/C18H21ClN4.HI/c1-20-17(22-12-16-4-2-3-11-21-16)23-13-18(9-10-18)14-5-7-15(19)8-6-14;/h2-8,11H,9-10,12-13H2,1H3,(H2,20,22,23);1H. The molecule has 1 fully saturated rings. The number of aliphatic imine (C=N–C) groups is 1. The monoisotopic (exact) mass is 456 g/mol. The van der Waals surface area contributed by atoms with Gasteiger partial charge in [0.15, 0.2) is 5.96 Å². The second-order valence-corrected chi connectivity index (χ2v) is 6.32. The van der Waals surface area contributed by atoms with Gasteiger partial charge < -0.3 is 10.6 Å². The van der Waals surface area contributed by atoms with Crippen molar-refractivity contribution in [2.75, 3.05) is 13.6 Å². The predicted octanol–water partition coefficient (Wildman–Crippen LogP) is 3.75. The number of hydrogen-bond donors (Lipinski definition) is 2. The SMILES string of the molecule is CN=C(NCc1ccccn1)NCC1(c2ccc(Cl)cc2)CC1.I. The first-order valence-corrected chi connectivity index (χ1v) is 8.20. The van der Waals surface area contributed by atoms with Crippen LogP contribution in [-0.2, 0) is 12.0 Å². The lowest BCUT2D eigenvalue weighted by Crippen LogP contribution is -2.41. The van der Waals surface area contributed by atoms with E-state index >= 15 is 0 Å². The number of hydrogen-bond acceptors (Lipinski definition) is 2. The molecule has 1 aromatic carbocycles. The van der Waals surface area contributed by atoms with Gasteiger partial charge in [0.1, 0.15) is 0 Å². The fraction of sp³-hybridized carbons (Fsp3) is 0.333. The summed E-state index contributed by atoms with van der Waals surface area (Å²) in [5, 5.41) is 7.52. The van der Waals surface area contributed by atoms with Crippen molar-refractivity contribution in [3.63, 3.8) is 0 Å². The van der Waals surface area contributed by atoms with Gasteiger partial charge >= 0.3 is 0 Å². The van der Waals surface area contributed by atoms with E-state index in [1.807, 2.05) is 30.3 Å². The van der Waals surface area contributed by atoms with Gasteiger partial charge in [-0.25, -0.2) is 0 Å². The van der Waals surface area contributed by atoms with Crippen molar-refractivity contribution >= 4 is 41.5 Å². The largest absolute Gasteiger partial charge is 0.356 e. The van der Waals surface area contributed by atoms with Gasteiger partial charge in [-0.3, -0.25) is 9.98 Å². The summed E-state index contributed by atoms with van der Waals surface area (Å²) in [6.45, 7) is 1.53. The highest BCUT2D eigenvalue weighted by Gasteiger charge is 2.44. The van der Waals surface area contributed by atoms with Gasteiger partial charge in [0.05, 0.1) is 12.2 Å². The van der Waals surface area contributed by atoms with Gasteiger partial charge in [-0.1, -0.05) is 29.8 Å². The van der Waals surface area contributed by atoms with E-state index in [9.17, 15) is 0 Å². The highest BCUT2D eigenvalue weighted by atomic mass is 127. The number of halogens is 2. The van der Waals surface area contributed by atoms with Crippen molar-refractivity contribution in [1.29, 1.82) is 0 Å². The van der Waals surface area contributed by atoms with Gasteiger partial charge in [-0.15, -0.1) is 24.0 Å². The molecule has 1 saturated carbocycles. The first kappa shape index (κ1) is 19.0. The molecule has 24 heavy (non-hydrogen) atoms. The van der Waals surface area contributed by atoms with Gasteiger partial charge in [0, 0.05) is 30.2 Å².